The number of benzene rings is 1. The van der Waals surface area contributed by atoms with Crippen LogP contribution in [0.1, 0.15) is 0 Å². The van der Waals surface area contributed by atoms with Gasteiger partial charge in [-0.15, -0.1) is 0 Å². The number of anilines is 2. The van der Waals surface area contributed by atoms with Gasteiger partial charge in [0.25, 0.3) is 0 Å². The maximum atomic E-state index is 13.4. The van der Waals surface area contributed by atoms with E-state index < -0.39 is 5.82 Å². The van der Waals surface area contributed by atoms with Gasteiger partial charge in [-0.1, -0.05) is 15.9 Å². The number of carbonyl (C=O) groups excluding carboxylic acids is 1. The summed E-state index contributed by atoms with van der Waals surface area (Å²) in [5, 5.41) is 6.33. The minimum atomic E-state index is -0.494. The van der Waals surface area contributed by atoms with Crippen LogP contribution in [0.15, 0.2) is 35.1 Å². The fraction of sp³-hybridized carbons (Fsp3) is 0.0909. The first-order valence-corrected chi connectivity index (χ1v) is 5.87. The number of hydrogen-bond acceptors (Lipinski definition) is 3. The molecule has 5 nitrogen and oxygen atoms in total. The summed E-state index contributed by atoms with van der Waals surface area (Å²) >= 11 is 3.20. The van der Waals surface area contributed by atoms with Crippen LogP contribution in [0.5, 0.6) is 0 Å². The van der Waals surface area contributed by atoms with Crippen molar-refractivity contribution in [3.05, 3.63) is 40.9 Å². The van der Waals surface area contributed by atoms with E-state index in [0.717, 1.165) is 0 Å². The molecule has 0 aliphatic heterocycles. The molecular formula is C11H10BrFN4O. The largest absolute Gasteiger partial charge is 0.396 e. The number of hydrogen-bond donors (Lipinski definition) is 2. The summed E-state index contributed by atoms with van der Waals surface area (Å²) in [4.78, 5) is 11.7. The molecule has 0 atom stereocenters. The molecule has 0 spiro atoms. The van der Waals surface area contributed by atoms with Crippen molar-refractivity contribution in [3.8, 4) is 0 Å². The third-order valence-corrected chi connectivity index (χ3v) is 2.65. The van der Waals surface area contributed by atoms with Gasteiger partial charge in [-0.3, -0.25) is 9.48 Å². The number of halogens is 2. The summed E-state index contributed by atoms with van der Waals surface area (Å²) in [6.07, 6.45) is 2.96. The van der Waals surface area contributed by atoms with Gasteiger partial charge in [-0.25, -0.2) is 4.39 Å². The van der Waals surface area contributed by atoms with Crippen molar-refractivity contribution < 1.29 is 9.18 Å². The second kappa shape index (κ2) is 5.18. The monoisotopic (exact) mass is 312 g/mol. The van der Waals surface area contributed by atoms with Crippen molar-refractivity contribution in [2.24, 2.45) is 0 Å². The highest BCUT2D eigenvalue weighted by Gasteiger charge is 2.08. The van der Waals surface area contributed by atoms with Gasteiger partial charge < -0.3 is 11.1 Å². The van der Waals surface area contributed by atoms with Crippen LogP contribution in [0.2, 0.25) is 0 Å². The number of nitrogen functional groups attached to an aromatic ring is 1. The van der Waals surface area contributed by atoms with Crippen LogP contribution in [0.3, 0.4) is 0 Å². The first-order valence-electron chi connectivity index (χ1n) is 5.07. The van der Waals surface area contributed by atoms with E-state index in [0.29, 0.717) is 10.2 Å². The molecule has 1 aromatic heterocycles. The quantitative estimate of drug-likeness (QED) is 0.910. The molecule has 0 fully saturated rings. The number of nitrogens with two attached hydrogens (primary N) is 1. The van der Waals surface area contributed by atoms with Gasteiger partial charge >= 0.3 is 0 Å². The van der Waals surface area contributed by atoms with Gasteiger partial charge in [0.05, 0.1) is 17.6 Å². The zero-order chi connectivity index (χ0) is 13.1. The second-order valence-electron chi connectivity index (χ2n) is 3.64. The zero-order valence-corrected chi connectivity index (χ0v) is 10.8. The van der Waals surface area contributed by atoms with E-state index >= 15 is 0 Å². The van der Waals surface area contributed by atoms with Crippen molar-refractivity contribution >= 4 is 33.2 Å². The molecule has 1 heterocycles. The van der Waals surface area contributed by atoms with Crippen LogP contribution in [-0.2, 0) is 11.3 Å². The lowest BCUT2D eigenvalue weighted by molar-refractivity contribution is -0.116. The van der Waals surface area contributed by atoms with Gasteiger partial charge in [0.15, 0.2) is 0 Å². The highest BCUT2D eigenvalue weighted by molar-refractivity contribution is 9.10. The summed E-state index contributed by atoms with van der Waals surface area (Å²) in [6.45, 7) is -0.0246. The molecule has 0 saturated carbocycles. The number of nitrogens with zero attached hydrogens (tertiary/aromatic N) is 2. The van der Waals surface area contributed by atoms with Crippen molar-refractivity contribution in [2.45, 2.75) is 6.54 Å². The third kappa shape index (κ3) is 3.07. The van der Waals surface area contributed by atoms with E-state index in [1.54, 1.807) is 6.07 Å². The predicted molar refractivity (Wildman–Crippen MR) is 69.4 cm³/mol. The Kier molecular flexibility index (Phi) is 3.61. The lowest BCUT2D eigenvalue weighted by Crippen LogP contribution is -2.19. The van der Waals surface area contributed by atoms with E-state index in [1.165, 1.54) is 29.2 Å². The van der Waals surface area contributed by atoms with E-state index in [9.17, 15) is 9.18 Å². The molecule has 0 saturated heterocycles. The van der Waals surface area contributed by atoms with Gasteiger partial charge in [-0.2, -0.15) is 5.10 Å². The van der Waals surface area contributed by atoms with E-state index in [4.69, 9.17) is 5.73 Å². The smallest absolute Gasteiger partial charge is 0.246 e. The lowest BCUT2D eigenvalue weighted by Gasteiger charge is -2.06. The average molecular weight is 313 g/mol. The SMILES string of the molecule is Nc1cnn(CC(=O)Nc2cc(Br)ccc2F)c1. The Bertz CT molecular complexity index is 584. The van der Waals surface area contributed by atoms with Crippen molar-refractivity contribution in [3.63, 3.8) is 0 Å². The highest BCUT2D eigenvalue weighted by Crippen LogP contribution is 2.19. The number of nitrogens with one attached hydrogen (secondary N) is 1. The molecule has 0 aliphatic rings. The maximum Gasteiger partial charge on any atom is 0.246 e. The molecule has 18 heavy (non-hydrogen) atoms. The molecule has 7 heteroatoms. The number of carbonyl (C=O) groups is 1. The Hall–Kier alpha value is -1.89. The standard InChI is InChI=1S/C11H10BrFN4O/c12-7-1-2-9(13)10(3-7)16-11(18)6-17-5-8(14)4-15-17/h1-5H,6,14H2,(H,16,18). The molecule has 0 bridgehead atoms. The van der Waals surface area contributed by atoms with Crippen molar-refractivity contribution in [1.82, 2.24) is 9.78 Å². The summed E-state index contributed by atoms with van der Waals surface area (Å²) in [6, 6.07) is 4.31. The summed E-state index contributed by atoms with van der Waals surface area (Å²) in [7, 11) is 0. The van der Waals surface area contributed by atoms with Gasteiger partial charge in [0.2, 0.25) is 5.91 Å². The average Bonchev–Trinajstić information content (AvgIpc) is 2.69. The topological polar surface area (TPSA) is 72.9 Å². The summed E-state index contributed by atoms with van der Waals surface area (Å²) in [5.74, 6) is -0.873. The van der Waals surface area contributed by atoms with Crippen LogP contribution in [0.25, 0.3) is 0 Å². The third-order valence-electron chi connectivity index (χ3n) is 2.16. The van der Waals surface area contributed by atoms with E-state index in [1.807, 2.05) is 0 Å². The van der Waals surface area contributed by atoms with E-state index in [-0.39, 0.29) is 18.1 Å². The minimum absolute atomic E-state index is 0.0246. The van der Waals surface area contributed by atoms with Crippen molar-refractivity contribution in [2.75, 3.05) is 11.1 Å². The molecule has 3 N–H and O–H groups in total. The Labute approximate surface area is 111 Å². The first kappa shape index (κ1) is 12.6. The molecule has 2 rings (SSSR count). The molecule has 1 aromatic carbocycles. The number of amides is 1. The van der Waals surface area contributed by atoms with Gasteiger partial charge in [0.1, 0.15) is 12.4 Å². The van der Waals surface area contributed by atoms with Crippen LogP contribution in [-0.4, -0.2) is 15.7 Å². The molecule has 1 amide bonds. The normalized spacial score (nSPS) is 10.3. The number of aromatic nitrogens is 2. The minimum Gasteiger partial charge on any atom is -0.396 e. The molecule has 0 radical (unpaired) electrons. The zero-order valence-electron chi connectivity index (χ0n) is 9.23. The molecule has 0 unspecified atom stereocenters. The fourth-order valence-corrected chi connectivity index (χ4v) is 1.76. The first-order chi connectivity index (χ1) is 8.54. The lowest BCUT2D eigenvalue weighted by atomic mass is 10.3. The second-order valence-corrected chi connectivity index (χ2v) is 4.56. The van der Waals surface area contributed by atoms with E-state index in [2.05, 4.69) is 26.3 Å². The maximum absolute atomic E-state index is 13.4. The Balaban J connectivity index is 2.05. The van der Waals surface area contributed by atoms with Crippen molar-refractivity contribution in [1.29, 1.82) is 0 Å². The van der Waals surface area contributed by atoms with Crippen LogP contribution >= 0.6 is 15.9 Å². The molecule has 0 aliphatic carbocycles. The Morgan fingerprint density at radius 2 is 2.33 bits per heavy atom. The molecule has 94 valence electrons. The molecule has 2 aromatic rings. The van der Waals surface area contributed by atoms with Crippen LogP contribution in [0.4, 0.5) is 15.8 Å². The summed E-state index contributed by atoms with van der Waals surface area (Å²) < 4.78 is 15.5. The summed E-state index contributed by atoms with van der Waals surface area (Å²) in [5.41, 5.74) is 6.06. The Morgan fingerprint density at radius 3 is 3.00 bits per heavy atom. The van der Waals surface area contributed by atoms with Gasteiger partial charge in [0, 0.05) is 10.7 Å². The molecular weight excluding hydrogens is 303 g/mol. The van der Waals surface area contributed by atoms with Gasteiger partial charge in [-0.05, 0) is 18.2 Å². The van der Waals surface area contributed by atoms with Crippen LogP contribution < -0.4 is 11.1 Å². The Morgan fingerprint density at radius 1 is 1.56 bits per heavy atom. The predicted octanol–water partition coefficient (Wildman–Crippen LogP) is 2.01. The highest BCUT2D eigenvalue weighted by atomic mass is 79.9. The number of rotatable bonds is 3. The fourth-order valence-electron chi connectivity index (χ4n) is 1.40. The van der Waals surface area contributed by atoms with Crippen LogP contribution in [0, 0.1) is 5.82 Å².